The summed E-state index contributed by atoms with van der Waals surface area (Å²) in [5, 5.41) is 2.44. The lowest BCUT2D eigenvalue weighted by Gasteiger charge is -2.46. The maximum Gasteiger partial charge on any atom is 0.256 e. The van der Waals surface area contributed by atoms with Crippen LogP contribution in [0.3, 0.4) is 0 Å². The number of fused-ring (bicyclic) bond motifs is 11. The van der Waals surface area contributed by atoms with Crippen LogP contribution in [-0.2, 0) is 0 Å². The fourth-order valence-corrected chi connectivity index (χ4v) is 13.7. The van der Waals surface area contributed by atoms with Gasteiger partial charge < -0.3 is 28.9 Å². The molecule has 0 spiro atoms. The van der Waals surface area contributed by atoms with E-state index in [0.29, 0.717) is 0 Å². The van der Waals surface area contributed by atoms with E-state index in [9.17, 15) is 0 Å². The minimum absolute atomic E-state index is 0.133. The predicted molar refractivity (Wildman–Crippen MR) is 335 cm³/mol. The number of anilines is 12. The van der Waals surface area contributed by atoms with Gasteiger partial charge >= 0.3 is 0 Å². The van der Waals surface area contributed by atoms with Gasteiger partial charge in [0, 0.05) is 79.4 Å². The molecule has 1 aromatic heterocycles. The molecule has 0 bridgehead atoms. The molecule has 0 saturated carbocycles. The van der Waals surface area contributed by atoms with Gasteiger partial charge in [0.1, 0.15) is 11.5 Å². The molecule has 0 aliphatic carbocycles. The molecule has 17 rings (SSSR count). The molecular weight excluding hydrogens is 972 g/mol. The highest BCUT2D eigenvalue weighted by molar-refractivity contribution is 7.02. The van der Waals surface area contributed by atoms with Crippen molar-refractivity contribution < 1.29 is 4.74 Å². The Balaban J connectivity index is 0.987. The Labute approximate surface area is 465 Å². The van der Waals surface area contributed by atoms with Crippen molar-refractivity contribution in [3.05, 3.63) is 285 Å². The summed E-state index contributed by atoms with van der Waals surface area (Å²) >= 11 is 0. The van der Waals surface area contributed by atoms with E-state index in [1.54, 1.807) is 0 Å². The highest BCUT2D eigenvalue weighted by Crippen LogP contribution is 2.50. The average Bonchev–Trinajstić information content (AvgIpc) is 4.01. The highest BCUT2D eigenvalue weighted by Gasteiger charge is 2.48. The van der Waals surface area contributed by atoms with Crippen LogP contribution in [0.25, 0.3) is 27.5 Å². The first-order valence-corrected chi connectivity index (χ1v) is 27.6. The minimum atomic E-state index is -0.143. The van der Waals surface area contributed by atoms with Crippen molar-refractivity contribution in [1.82, 2.24) is 4.57 Å². The lowest BCUT2D eigenvalue weighted by Crippen LogP contribution is -2.64. The highest BCUT2D eigenvalue weighted by atomic mass is 16.5. The van der Waals surface area contributed by atoms with Crippen LogP contribution in [0.4, 0.5) is 68.2 Å². The van der Waals surface area contributed by atoms with Crippen LogP contribution in [0.1, 0.15) is 0 Å². The van der Waals surface area contributed by atoms with E-state index in [-0.39, 0.29) is 13.4 Å². The van der Waals surface area contributed by atoms with Gasteiger partial charge in [0.05, 0.1) is 22.4 Å². The normalized spacial score (nSPS) is 13.2. The fraction of sp³-hybridized carbons (Fsp3) is 0. The Hall–Kier alpha value is -10.4. The van der Waals surface area contributed by atoms with Gasteiger partial charge in [-0.1, -0.05) is 170 Å². The molecule has 0 saturated heterocycles. The third-order valence-corrected chi connectivity index (χ3v) is 16.9. The first-order chi connectivity index (χ1) is 39.7. The Kier molecular flexibility index (Phi) is 9.80. The third kappa shape index (κ3) is 6.56. The summed E-state index contributed by atoms with van der Waals surface area (Å²) in [4.78, 5) is 9.97. The first-order valence-electron chi connectivity index (χ1n) is 27.6. The van der Waals surface area contributed by atoms with Crippen LogP contribution in [0.2, 0.25) is 0 Å². The van der Waals surface area contributed by atoms with Crippen LogP contribution in [0, 0.1) is 0 Å². The molecule has 4 aliphatic rings. The van der Waals surface area contributed by atoms with Gasteiger partial charge in [-0.2, -0.15) is 0 Å². The van der Waals surface area contributed by atoms with Gasteiger partial charge in [-0.15, -0.1) is 0 Å². The Morgan fingerprint density at radius 1 is 0.275 bits per heavy atom. The summed E-state index contributed by atoms with van der Waals surface area (Å²) in [5.41, 5.74) is 23.9. The first kappa shape index (κ1) is 44.7. The van der Waals surface area contributed by atoms with E-state index in [1.165, 1.54) is 32.6 Å². The molecular formula is C72H47B2N5O. The molecule has 0 fully saturated rings. The number of ether oxygens (including phenoxy) is 1. The lowest BCUT2D eigenvalue weighted by atomic mass is 9.30. The topological polar surface area (TPSA) is 27.1 Å². The van der Waals surface area contributed by atoms with Gasteiger partial charge in [-0.3, -0.25) is 0 Å². The molecule has 0 unspecified atom stereocenters. The van der Waals surface area contributed by atoms with Crippen LogP contribution < -0.4 is 57.1 Å². The number of nitrogens with zero attached hydrogens (tertiary/aromatic N) is 5. The van der Waals surface area contributed by atoms with Crippen molar-refractivity contribution >= 4 is 136 Å². The van der Waals surface area contributed by atoms with Crippen molar-refractivity contribution in [2.24, 2.45) is 0 Å². The number of para-hydroxylation sites is 9. The van der Waals surface area contributed by atoms with Crippen molar-refractivity contribution in [3.63, 3.8) is 0 Å². The molecule has 13 aromatic rings. The van der Waals surface area contributed by atoms with E-state index in [0.717, 1.165) is 107 Å². The number of hydrogen-bond acceptors (Lipinski definition) is 5. The Bertz CT molecular complexity index is 4520. The van der Waals surface area contributed by atoms with Gasteiger partial charge in [-0.05, 0) is 142 Å². The summed E-state index contributed by atoms with van der Waals surface area (Å²) in [7, 11) is 0. The zero-order valence-electron chi connectivity index (χ0n) is 43.4. The Morgan fingerprint density at radius 2 is 0.713 bits per heavy atom. The maximum absolute atomic E-state index is 7.22. The van der Waals surface area contributed by atoms with E-state index < -0.39 is 0 Å². The SMILES string of the molecule is c1ccc(N(c2ccccc2)c2cc3c4c(c2)N(c2ccccc2)c2cc5c(cc2B4c2ccccc2N3c2ccccc2)B2c3ccccc3Oc3cc(-n4c6ccccc6c6ccccc64)cc(c32)N5c2ccccc2)cc1. The summed E-state index contributed by atoms with van der Waals surface area (Å²) in [5.74, 6) is 1.74. The molecule has 372 valence electrons. The molecule has 80 heavy (non-hydrogen) atoms. The average molecular weight is 1020 g/mol. The van der Waals surface area contributed by atoms with Crippen LogP contribution >= 0.6 is 0 Å². The quantitative estimate of drug-likeness (QED) is 0.148. The number of benzene rings is 12. The molecule has 0 amide bonds. The monoisotopic (exact) mass is 1020 g/mol. The van der Waals surface area contributed by atoms with E-state index in [1.807, 2.05) is 0 Å². The molecule has 0 atom stereocenters. The second kappa shape index (κ2) is 17.5. The van der Waals surface area contributed by atoms with Crippen LogP contribution in [0.15, 0.2) is 285 Å². The molecule has 5 heterocycles. The van der Waals surface area contributed by atoms with Crippen LogP contribution in [0.5, 0.6) is 11.5 Å². The van der Waals surface area contributed by atoms with Crippen molar-refractivity contribution in [2.75, 3.05) is 19.6 Å². The lowest BCUT2D eigenvalue weighted by molar-refractivity contribution is 0.487. The second-order valence-electron chi connectivity index (χ2n) is 21.2. The van der Waals surface area contributed by atoms with E-state index in [2.05, 4.69) is 309 Å². The summed E-state index contributed by atoms with van der Waals surface area (Å²) in [6.07, 6.45) is 0. The molecule has 0 radical (unpaired) electrons. The summed E-state index contributed by atoms with van der Waals surface area (Å²) in [6, 6.07) is 104. The number of rotatable bonds is 7. The predicted octanol–water partition coefficient (Wildman–Crippen LogP) is 14.7. The zero-order valence-corrected chi connectivity index (χ0v) is 43.4. The van der Waals surface area contributed by atoms with Crippen LogP contribution in [-0.4, -0.2) is 18.0 Å². The maximum atomic E-state index is 7.22. The molecule has 4 aliphatic heterocycles. The van der Waals surface area contributed by atoms with Gasteiger partial charge in [0.25, 0.3) is 13.4 Å². The fourth-order valence-electron chi connectivity index (χ4n) is 13.7. The third-order valence-electron chi connectivity index (χ3n) is 16.9. The standard InChI is InChI=1S/C72H47B2N5O/c1-6-24-48(25-7-1)75(49-26-8-2-9-27-49)53-42-66-71-67(43-53)77(51-30-12-4-13-31-51)64-47-65-60(46-59(64)73(71)57-36-18-22-40-63(57)76(66)50-28-10-3-11-29-50)74-58-37-19-23-41-69(58)80-70-45-54(44-68(72(70)74)78(65)52-32-14-5-15-33-52)79-61-38-20-16-34-55(61)56-35-17-21-39-62(56)79/h1-47H. The minimum Gasteiger partial charge on any atom is -0.458 e. The van der Waals surface area contributed by atoms with Gasteiger partial charge in [0.2, 0.25) is 0 Å². The molecule has 0 N–H and O–H groups in total. The molecule has 6 nitrogen and oxygen atoms in total. The van der Waals surface area contributed by atoms with E-state index >= 15 is 0 Å². The van der Waals surface area contributed by atoms with E-state index in [4.69, 9.17) is 4.74 Å². The number of hydrogen-bond donors (Lipinski definition) is 0. The van der Waals surface area contributed by atoms with Crippen molar-refractivity contribution in [1.29, 1.82) is 0 Å². The smallest absolute Gasteiger partial charge is 0.256 e. The molecule has 12 aromatic carbocycles. The largest absolute Gasteiger partial charge is 0.458 e. The number of aromatic nitrogens is 1. The zero-order chi connectivity index (χ0) is 52.4. The second-order valence-corrected chi connectivity index (χ2v) is 21.2. The summed E-state index contributed by atoms with van der Waals surface area (Å²) in [6.45, 7) is -0.276. The Morgan fingerprint density at radius 3 is 1.27 bits per heavy atom. The van der Waals surface area contributed by atoms with Crippen molar-refractivity contribution in [3.8, 4) is 17.2 Å². The van der Waals surface area contributed by atoms with Crippen molar-refractivity contribution in [2.45, 2.75) is 0 Å². The molecule has 8 heteroatoms. The summed E-state index contributed by atoms with van der Waals surface area (Å²) < 4.78 is 9.64. The van der Waals surface area contributed by atoms with Gasteiger partial charge in [-0.25, -0.2) is 0 Å². The van der Waals surface area contributed by atoms with Gasteiger partial charge in [0.15, 0.2) is 0 Å².